The molecule has 0 aliphatic carbocycles. The van der Waals surface area contributed by atoms with E-state index in [0.29, 0.717) is 22.8 Å². The lowest BCUT2D eigenvalue weighted by atomic mass is 10.1. The number of carbonyl (C=O) groups is 2. The van der Waals surface area contributed by atoms with Crippen LogP contribution in [0, 0.1) is 27.7 Å². The lowest BCUT2D eigenvalue weighted by Gasteiger charge is -2.06. The number of primary amides is 1. The third-order valence-electron chi connectivity index (χ3n) is 4.60. The van der Waals surface area contributed by atoms with E-state index in [1.807, 2.05) is 38.1 Å². The van der Waals surface area contributed by atoms with Crippen molar-refractivity contribution in [1.82, 2.24) is 9.78 Å². The van der Waals surface area contributed by atoms with Crippen LogP contribution in [0.1, 0.15) is 48.0 Å². The number of carbonyl (C=O) groups excluding carboxylic acids is 2. The van der Waals surface area contributed by atoms with Gasteiger partial charge in [-0.25, -0.2) is 4.68 Å². The van der Waals surface area contributed by atoms with Gasteiger partial charge in [0.25, 0.3) is 11.8 Å². The van der Waals surface area contributed by atoms with Crippen LogP contribution in [-0.2, 0) is 6.54 Å². The summed E-state index contributed by atoms with van der Waals surface area (Å²) in [6.45, 7) is 7.88. The largest absolute Gasteiger partial charge is 0.365 e. The van der Waals surface area contributed by atoms with Crippen LogP contribution in [0.3, 0.4) is 0 Å². The maximum absolute atomic E-state index is 12.9. The molecule has 3 aromatic rings. The number of hydrogen-bond acceptors (Lipinski definition) is 4. The number of anilines is 1. The van der Waals surface area contributed by atoms with Crippen LogP contribution >= 0.6 is 22.9 Å². The first-order valence-electron chi connectivity index (χ1n) is 8.68. The number of benzene rings is 1. The molecule has 0 radical (unpaired) electrons. The van der Waals surface area contributed by atoms with Crippen LogP contribution in [-0.4, -0.2) is 21.6 Å². The minimum Gasteiger partial charge on any atom is -0.365 e. The average molecular weight is 417 g/mol. The molecule has 0 unspecified atom stereocenters. The highest BCUT2D eigenvalue weighted by atomic mass is 35.5. The van der Waals surface area contributed by atoms with Crippen molar-refractivity contribution in [1.29, 1.82) is 0 Å². The van der Waals surface area contributed by atoms with Gasteiger partial charge in [0.05, 0.1) is 23.4 Å². The maximum atomic E-state index is 12.9. The summed E-state index contributed by atoms with van der Waals surface area (Å²) in [6.07, 6.45) is 0. The Hall–Kier alpha value is -2.64. The molecular formula is C20H21ClN4O2S. The number of nitrogens with two attached hydrogens (primary N) is 1. The monoisotopic (exact) mass is 416 g/mol. The summed E-state index contributed by atoms with van der Waals surface area (Å²) >= 11 is 7.77. The minimum absolute atomic E-state index is 0.251. The summed E-state index contributed by atoms with van der Waals surface area (Å²) in [6, 6.07) is 8.03. The normalized spacial score (nSPS) is 10.9. The van der Waals surface area contributed by atoms with Crippen LogP contribution < -0.4 is 11.1 Å². The van der Waals surface area contributed by atoms with E-state index in [2.05, 4.69) is 10.4 Å². The van der Waals surface area contributed by atoms with Gasteiger partial charge in [0.2, 0.25) is 0 Å². The van der Waals surface area contributed by atoms with Crippen molar-refractivity contribution in [2.24, 2.45) is 5.73 Å². The topological polar surface area (TPSA) is 90.0 Å². The molecule has 0 fully saturated rings. The Morgan fingerprint density at radius 1 is 1.14 bits per heavy atom. The van der Waals surface area contributed by atoms with E-state index < -0.39 is 11.8 Å². The molecule has 0 spiro atoms. The van der Waals surface area contributed by atoms with E-state index in [-0.39, 0.29) is 10.7 Å². The zero-order valence-electron chi connectivity index (χ0n) is 16.1. The van der Waals surface area contributed by atoms with Crippen molar-refractivity contribution in [3.05, 3.63) is 67.8 Å². The maximum Gasteiger partial charge on any atom is 0.261 e. The SMILES string of the molecule is Cc1ccc(Cn2nc(C)c(C(=O)Nc3sc(C)c(C)c3C(N)=O)c2Cl)cc1. The molecule has 2 heterocycles. The van der Waals surface area contributed by atoms with Gasteiger partial charge in [0.15, 0.2) is 0 Å². The van der Waals surface area contributed by atoms with Gasteiger partial charge in [-0.05, 0) is 38.8 Å². The van der Waals surface area contributed by atoms with Gasteiger partial charge in [-0.1, -0.05) is 41.4 Å². The van der Waals surface area contributed by atoms with E-state index in [9.17, 15) is 9.59 Å². The Bertz CT molecular complexity index is 1070. The summed E-state index contributed by atoms with van der Waals surface area (Å²) in [5.74, 6) is -0.989. The van der Waals surface area contributed by atoms with Gasteiger partial charge in [0.1, 0.15) is 10.2 Å². The minimum atomic E-state index is -0.574. The number of hydrogen-bond donors (Lipinski definition) is 2. The van der Waals surface area contributed by atoms with Crippen molar-refractivity contribution in [3.63, 3.8) is 0 Å². The standard InChI is InChI=1S/C20H21ClN4O2S/c1-10-5-7-14(8-6-10)9-25-17(21)16(12(3)24-25)19(27)23-20-15(18(22)26)11(2)13(4)28-20/h5-8H,9H2,1-4H3,(H2,22,26)(H,23,27). The Labute approximate surface area is 172 Å². The molecule has 28 heavy (non-hydrogen) atoms. The second-order valence-corrected chi connectivity index (χ2v) is 8.28. The fraction of sp³-hybridized carbons (Fsp3) is 0.250. The number of aromatic nitrogens is 2. The van der Waals surface area contributed by atoms with Gasteiger partial charge in [-0.15, -0.1) is 11.3 Å². The summed E-state index contributed by atoms with van der Waals surface area (Å²) in [5, 5.41) is 7.86. The quantitative estimate of drug-likeness (QED) is 0.652. The van der Waals surface area contributed by atoms with E-state index in [4.69, 9.17) is 17.3 Å². The van der Waals surface area contributed by atoms with E-state index in [0.717, 1.165) is 16.0 Å². The first kappa shape index (κ1) is 20.1. The number of thiophene rings is 1. The highest BCUT2D eigenvalue weighted by molar-refractivity contribution is 7.16. The van der Waals surface area contributed by atoms with Crippen LogP contribution in [0.4, 0.5) is 5.00 Å². The van der Waals surface area contributed by atoms with Gasteiger partial charge in [-0.2, -0.15) is 5.10 Å². The van der Waals surface area contributed by atoms with Crippen molar-refractivity contribution in [2.45, 2.75) is 34.2 Å². The van der Waals surface area contributed by atoms with Gasteiger partial charge in [-0.3, -0.25) is 9.59 Å². The number of nitrogens with one attached hydrogen (secondary N) is 1. The summed E-state index contributed by atoms with van der Waals surface area (Å²) in [5.41, 5.74) is 9.57. The Kier molecular flexibility index (Phi) is 5.58. The molecule has 0 saturated heterocycles. The zero-order chi connectivity index (χ0) is 20.6. The lowest BCUT2D eigenvalue weighted by Crippen LogP contribution is -2.18. The molecule has 0 bridgehead atoms. The second-order valence-electron chi connectivity index (χ2n) is 6.70. The molecule has 2 aromatic heterocycles. The molecule has 0 aliphatic rings. The van der Waals surface area contributed by atoms with Crippen LogP contribution in [0.5, 0.6) is 0 Å². The summed E-state index contributed by atoms with van der Waals surface area (Å²) < 4.78 is 1.59. The van der Waals surface area contributed by atoms with Crippen molar-refractivity contribution >= 4 is 39.8 Å². The first-order chi connectivity index (χ1) is 13.2. The predicted octanol–water partition coefficient (Wildman–Crippen LogP) is 4.23. The van der Waals surface area contributed by atoms with E-state index >= 15 is 0 Å². The number of nitrogens with zero attached hydrogens (tertiary/aromatic N) is 2. The molecule has 0 atom stereocenters. The third-order valence-corrected chi connectivity index (χ3v) is 6.11. The summed E-state index contributed by atoms with van der Waals surface area (Å²) in [7, 11) is 0. The first-order valence-corrected chi connectivity index (χ1v) is 9.88. The molecule has 0 saturated carbocycles. The van der Waals surface area contributed by atoms with Crippen molar-refractivity contribution in [3.8, 4) is 0 Å². The highest BCUT2D eigenvalue weighted by Crippen LogP contribution is 2.33. The molecule has 3 rings (SSSR count). The van der Waals surface area contributed by atoms with Gasteiger partial charge >= 0.3 is 0 Å². The fourth-order valence-corrected chi connectivity index (χ4v) is 4.34. The highest BCUT2D eigenvalue weighted by Gasteiger charge is 2.24. The number of halogens is 1. The Morgan fingerprint density at radius 2 is 1.79 bits per heavy atom. The molecule has 0 aliphatic heterocycles. The molecule has 1 aromatic carbocycles. The smallest absolute Gasteiger partial charge is 0.261 e. The molecule has 6 nitrogen and oxygen atoms in total. The van der Waals surface area contributed by atoms with Crippen molar-refractivity contribution in [2.75, 3.05) is 5.32 Å². The zero-order valence-corrected chi connectivity index (χ0v) is 17.7. The number of aryl methyl sites for hydroxylation is 3. The van der Waals surface area contributed by atoms with Gasteiger partial charge in [0, 0.05) is 4.88 Å². The molecule has 8 heteroatoms. The van der Waals surface area contributed by atoms with Crippen LogP contribution in [0.2, 0.25) is 5.15 Å². The lowest BCUT2D eigenvalue weighted by molar-refractivity contribution is 0.100. The van der Waals surface area contributed by atoms with Crippen LogP contribution in [0.15, 0.2) is 24.3 Å². The number of rotatable bonds is 5. The number of amides is 2. The van der Waals surface area contributed by atoms with E-state index in [1.54, 1.807) is 18.5 Å². The fourth-order valence-electron chi connectivity index (χ4n) is 2.96. The summed E-state index contributed by atoms with van der Waals surface area (Å²) in [4.78, 5) is 25.6. The Balaban J connectivity index is 1.89. The third kappa shape index (κ3) is 3.81. The van der Waals surface area contributed by atoms with Crippen LogP contribution in [0.25, 0.3) is 0 Å². The Morgan fingerprint density at radius 3 is 2.39 bits per heavy atom. The predicted molar refractivity (Wildman–Crippen MR) is 113 cm³/mol. The molecule has 3 N–H and O–H groups in total. The molecule has 2 amide bonds. The van der Waals surface area contributed by atoms with E-state index in [1.165, 1.54) is 16.9 Å². The second kappa shape index (κ2) is 7.77. The van der Waals surface area contributed by atoms with Gasteiger partial charge < -0.3 is 11.1 Å². The molecular weight excluding hydrogens is 396 g/mol. The average Bonchev–Trinajstić information content (AvgIpc) is 3.05. The molecule has 146 valence electrons. The van der Waals surface area contributed by atoms with Crippen molar-refractivity contribution < 1.29 is 9.59 Å².